The SMILES string of the molecule is Cc1nc(CCCC(=O)NC(CN)C2CC2)cs1. The Morgan fingerprint density at radius 3 is 3.00 bits per heavy atom. The Hall–Kier alpha value is -0.940. The van der Waals surface area contributed by atoms with Gasteiger partial charge in [-0.25, -0.2) is 4.98 Å². The molecule has 1 aliphatic rings. The second-order valence-electron chi connectivity index (χ2n) is 4.96. The van der Waals surface area contributed by atoms with Gasteiger partial charge in [0.25, 0.3) is 0 Å². The molecule has 100 valence electrons. The van der Waals surface area contributed by atoms with E-state index in [1.54, 1.807) is 11.3 Å². The number of nitrogens with one attached hydrogen (secondary N) is 1. The molecule has 1 unspecified atom stereocenters. The highest BCUT2D eigenvalue weighted by Gasteiger charge is 2.30. The number of thiazole rings is 1. The quantitative estimate of drug-likeness (QED) is 0.789. The van der Waals surface area contributed by atoms with Crippen LogP contribution in [0.2, 0.25) is 0 Å². The summed E-state index contributed by atoms with van der Waals surface area (Å²) in [7, 11) is 0. The van der Waals surface area contributed by atoms with Crippen LogP contribution in [-0.4, -0.2) is 23.5 Å². The Balaban J connectivity index is 1.65. The van der Waals surface area contributed by atoms with Crippen LogP contribution in [0.15, 0.2) is 5.38 Å². The predicted octanol–water partition coefficient (Wildman–Crippen LogP) is 1.63. The molecule has 1 fully saturated rings. The minimum absolute atomic E-state index is 0.129. The summed E-state index contributed by atoms with van der Waals surface area (Å²) < 4.78 is 0. The van der Waals surface area contributed by atoms with E-state index in [-0.39, 0.29) is 11.9 Å². The highest BCUT2D eigenvalue weighted by Crippen LogP contribution is 2.32. The van der Waals surface area contributed by atoms with Gasteiger partial charge >= 0.3 is 0 Å². The van der Waals surface area contributed by atoms with Crippen LogP contribution in [0.3, 0.4) is 0 Å². The smallest absolute Gasteiger partial charge is 0.220 e. The molecule has 3 N–H and O–H groups in total. The summed E-state index contributed by atoms with van der Waals surface area (Å²) in [6.07, 6.45) is 4.73. The first-order valence-corrected chi connectivity index (χ1v) is 7.47. The number of aryl methyl sites for hydroxylation is 2. The molecule has 1 aliphatic carbocycles. The monoisotopic (exact) mass is 267 g/mol. The molecule has 0 spiro atoms. The van der Waals surface area contributed by atoms with E-state index in [1.807, 2.05) is 6.92 Å². The molecule has 1 amide bonds. The lowest BCUT2D eigenvalue weighted by Crippen LogP contribution is -2.41. The molecule has 2 rings (SSSR count). The summed E-state index contributed by atoms with van der Waals surface area (Å²) in [5.41, 5.74) is 6.76. The van der Waals surface area contributed by atoms with Crippen molar-refractivity contribution in [3.8, 4) is 0 Å². The molecule has 5 heteroatoms. The van der Waals surface area contributed by atoms with Gasteiger partial charge in [-0.2, -0.15) is 0 Å². The van der Waals surface area contributed by atoms with Gasteiger partial charge in [-0.1, -0.05) is 0 Å². The summed E-state index contributed by atoms with van der Waals surface area (Å²) in [5.74, 6) is 0.754. The lowest BCUT2D eigenvalue weighted by Gasteiger charge is -2.15. The van der Waals surface area contributed by atoms with Crippen molar-refractivity contribution < 1.29 is 4.79 Å². The molecule has 0 bridgehead atoms. The number of aromatic nitrogens is 1. The van der Waals surface area contributed by atoms with Crippen LogP contribution < -0.4 is 11.1 Å². The highest BCUT2D eigenvalue weighted by molar-refractivity contribution is 7.09. The molecule has 1 heterocycles. The molecule has 0 radical (unpaired) electrons. The maximum absolute atomic E-state index is 11.8. The zero-order valence-electron chi connectivity index (χ0n) is 10.8. The molecule has 1 atom stereocenters. The van der Waals surface area contributed by atoms with Crippen molar-refractivity contribution in [3.63, 3.8) is 0 Å². The Kier molecular flexibility index (Phi) is 4.72. The lowest BCUT2D eigenvalue weighted by atomic mass is 10.1. The average Bonchev–Trinajstić information content (AvgIpc) is 3.10. The van der Waals surface area contributed by atoms with Crippen LogP contribution in [0.1, 0.15) is 36.4 Å². The van der Waals surface area contributed by atoms with Crippen molar-refractivity contribution in [3.05, 3.63) is 16.1 Å². The maximum atomic E-state index is 11.8. The summed E-state index contributed by atoms with van der Waals surface area (Å²) in [4.78, 5) is 16.1. The van der Waals surface area contributed by atoms with E-state index in [2.05, 4.69) is 15.7 Å². The fraction of sp³-hybridized carbons (Fsp3) is 0.692. The van der Waals surface area contributed by atoms with Gasteiger partial charge in [0.1, 0.15) is 0 Å². The largest absolute Gasteiger partial charge is 0.352 e. The summed E-state index contributed by atoms with van der Waals surface area (Å²) in [5, 5.41) is 6.20. The van der Waals surface area contributed by atoms with Crippen LogP contribution in [-0.2, 0) is 11.2 Å². The van der Waals surface area contributed by atoms with Gasteiger partial charge < -0.3 is 11.1 Å². The highest BCUT2D eigenvalue weighted by atomic mass is 32.1. The first-order valence-electron chi connectivity index (χ1n) is 6.59. The van der Waals surface area contributed by atoms with Crippen molar-refractivity contribution in [1.29, 1.82) is 0 Å². The third-order valence-corrected chi connectivity index (χ3v) is 4.12. The van der Waals surface area contributed by atoms with Crippen molar-refractivity contribution in [2.75, 3.05) is 6.54 Å². The third-order valence-electron chi connectivity index (χ3n) is 3.29. The minimum atomic E-state index is 0.129. The standard InChI is InChI=1S/C13H21N3OS/c1-9-15-11(8-18-9)3-2-4-13(17)16-12(7-14)10-5-6-10/h8,10,12H,2-7,14H2,1H3,(H,16,17). The lowest BCUT2D eigenvalue weighted by molar-refractivity contribution is -0.122. The zero-order chi connectivity index (χ0) is 13.0. The molecule has 18 heavy (non-hydrogen) atoms. The maximum Gasteiger partial charge on any atom is 0.220 e. The fourth-order valence-corrected chi connectivity index (χ4v) is 2.75. The van der Waals surface area contributed by atoms with Crippen molar-refractivity contribution in [2.45, 2.75) is 45.1 Å². The van der Waals surface area contributed by atoms with Gasteiger partial charge in [0, 0.05) is 24.4 Å². The topological polar surface area (TPSA) is 68.0 Å². The van der Waals surface area contributed by atoms with Gasteiger partial charge in [0.2, 0.25) is 5.91 Å². The van der Waals surface area contributed by atoms with Gasteiger partial charge in [0.05, 0.1) is 10.7 Å². The minimum Gasteiger partial charge on any atom is -0.352 e. The first kappa shape index (κ1) is 13.5. The number of hydrogen-bond donors (Lipinski definition) is 2. The van der Waals surface area contributed by atoms with E-state index >= 15 is 0 Å². The molecule has 1 saturated carbocycles. The van der Waals surface area contributed by atoms with Gasteiger partial charge in [-0.05, 0) is 38.5 Å². The summed E-state index contributed by atoms with van der Waals surface area (Å²) >= 11 is 1.66. The molecule has 0 saturated heterocycles. The molecular weight excluding hydrogens is 246 g/mol. The number of nitrogens with two attached hydrogens (primary N) is 1. The Morgan fingerprint density at radius 2 is 2.44 bits per heavy atom. The third kappa shape index (κ3) is 4.07. The molecule has 1 aromatic heterocycles. The first-order chi connectivity index (χ1) is 8.69. The molecule has 1 aromatic rings. The second kappa shape index (κ2) is 6.29. The van der Waals surface area contributed by atoms with Crippen LogP contribution in [0.5, 0.6) is 0 Å². The molecule has 0 aliphatic heterocycles. The number of rotatable bonds is 7. The number of carbonyl (C=O) groups is 1. The number of carbonyl (C=O) groups excluding carboxylic acids is 1. The van der Waals surface area contributed by atoms with Crippen LogP contribution in [0, 0.1) is 12.8 Å². The van der Waals surface area contributed by atoms with Crippen molar-refractivity contribution >= 4 is 17.2 Å². The number of hydrogen-bond acceptors (Lipinski definition) is 4. The fourth-order valence-electron chi connectivity index (χ4n) is 2.10. The van der Waals surface area contributed by atoms with Crippen molar-refractivity contribution in [1.82, 2.24) is 10.3 Å². The predicted molar refractivity (Wildman–Crippen MR) is 73.5 cm³/mol. The van der Waals surface area contributed by atoms with Crippen LogP contribution in [0.25, 0.3) is 0 Å². The van der Waals surface area contributed by atoms with Gasteiger partial charge in [-0.15, -0.1) is 11.3 Å². The number of nitrogens with zero attached hydrogens (tertiary/aromatic N) is 1. The van der Waals surface area contributed by atoms with Crippen LogP contribution >= 0.6 is 11.3 Å². The Morgan fingerprint density at radius 1 is 1.67 bits per heavy atom. The van der Waals surface area contributed by atoms with E-state index in [0.717, 1.165) is 23.5 Å². The van der Waals surface area contributed by atoms with Crippen molar-refractivity contribution in [2.24, 2.45) is 11.7 Å². The van der Waals surface area contributed by atoms with E-state index in [1.165, 1.54) is 12.8 Å². The van der Waals surface area contributed by atoms with E-state index in [0.29, 0.717) is 18.9 Å². The summed E-state index contributed by atoms with van der Waals surface area (Å²) in [6, 6.07) is 0.194. The molecular formula is C13H21N3OS. The van der Waals surface area contributed by atoms with E-state index in [4.69, 9.17) is 5.73 Å². The normalized spacial score (nSPS) is 16.6. The van der Waals surface area contributed by atoms with E-state index in [9.17, 15) is 4.79 Å². The molecule has 4 nitrogen and oxygen atoms in total. The average molecular weight is 267 g/mol. The number of amides is 1. The summed E-state index contributed by atoms with van der Waals surface area (Å²) in [6.45, 7) is 2.56. The van der Waals surface area contributed by atoms with Crippen LogP contribution in [0.4, 0.5) is 0 Å². The Bertz CT molecular complexity index is 401. The van der Waals surface area contributed by atoms with E-state index < -0.39 is 0 Å². The molecule has 0 aromatic carbocycles. The second-order valence-corrected chi connectivity index (χ2v) is 6.02. The Labute approximate surface area is 112 Å². The zero-order valence-corrected chi connectivity index (χ0v) is 11.6. The van der Waals surface area contributed by atoms with Gasteiger partial charge in [-0.3, -0.25) is 4.79 Å². The van der Waals surface area contributed by atoms with Gasteiger partial charge in [0.15, 0.2) is 0 Å².